The molecule has 440 valence electrons. The molecular weight excluding hydrogens is 1080 g/mol. The summed E-state index contributed by atoms with van der Waals surface area (Å²) in [6, 6.07) is 14.3. The van der Waals surface area contributed by atoms with Crippen LogP contribution in [0.4, 0.5) is 38.5 Å². The van der Waals surface area contributed by atoms with E-state index in [1.54, 1.807) is 38.7 Å². The van der Waals surface area contributed by atoms with Gasteiger partial charge in [0.1, 0.15) is 41.1 Å². The fourth-order valence-electron chi connectivity index (χ4n) is 14.7. The number of aromatic amines is 2. The van der Waals surface area contributed by atoms with Crippen molar-refractivity contribution in [3.05, 3.63) is 118 Å². The van der Waals surface area contributed by atoms with Crippen molar-refractivity contribution < 1.29 is 56.4 Å². The van der Waals surface area contributed by atoms with E-state index in [0.717, 1.165) is 0 Å². The molecule has 6 N–H and O–H groups in total. The van der Waals surface area contributed by atoms with Crippen LogP contribution in [0.25, 0.3) is 22.1 Å². The lowest BCUT2D eigenvalue weighted by Crippen LogP contribution is -2.52. The molecule has 83 heavy (non-hydrogen) atoms. The third-order valence-corrected chi connectivity index (χ3v) is 19.1. The lowest BCUT2D eigenvalue weighted by Gasteiger charge is -2.43. The van der Waals surface area contributed by atoms with E-state index in [-0.39, 0.29) is 58.5 Å². The first-order chi connectivity index (χ1) is 40.0. The topological polar surface area (TPSA) is 222 Å². The van der Waals surface area contributed by atoms with Gasteiger partial charge in [-0.05, 0) is 143 Å². The SMILES string of the molecule is CC1C[C@H](c2cc3nc(C4CCCN4C(=O)C(NC(=O)O)C4CCOCC4)[nH]c3cc2F)N(c2cc(F)c(N3CCC(c4ccccc4)CC3)c(F)c2)[C@]1(C)c1cc2nc(C3CCCN3C(=O)[C@@H](NC(=O)O)C3CCOCC3)[nH]c2cc1F. The third kappa shape index (κ3) is 10.6. The Kier molecular flexibility index (Phi) is 15.5. The number of anilines is 2. The minimum atomic E-state index is -1.42. The zero-order chi connectivity index (χ0) is 57.8. The van der Waals surface area contributed by atoms with E-state index in [4.69, 9.17) is 19.4 Å². The molecule has 22 heteroatoms. The maximum Gasteiger partial charge on any atom is 0.405 e. The van der Waals surface area contributed by atoms with Gasteiger partial charge in [0, 0.05) is 69.4 Å². The molecule has 6 aliphatic rings. The van der Waals surface area contributed by atoms with Crippen molar-refractivity contribution in [2.24, 2.45) is 17.8 Å². The van der Waals surface area contributed by atoms with Gasteiger partial charge in [-0.2, -0.15) is 0 Å². The highest BCUT2D eigenvalue weighted by Crippen LogP contribution is 2.56. The van der Waals surface area contributed by atoms with Crippen LogP contribution in [0.15, 0.2) is 66.7 Å². The maximum atomic E-state index is 17.5. The van der Waals surface area contributed by atoms with Gasteiger partial charge in [0.25, 0.3) is 0 Å². The number of H-pyrrole nitrogens is 2. The van der Waals surface area contributed by atoms with Crippen LogP contribution in [-0.4, -0.2) is 129 Å². The molecule has 0 radical (unpaired) electrons. The molecule has 4 amide bonds. The monoisotopic (exact) mass is 1150 g/mol. The molecule has 18 nitrogen and oxygen atoms in total. The lowest BCUT2D eigenvalue weighted by atomic mass is 9.80. The van der Waals surface area contributed by atoms with Crippen molar-refractivity contribution in [1.82, 2.24) is 40.4 Å². The number of ether oxygens (including phenoxy) is 2. The van der Waals surface area contributed by atoms with Gasteiger partial charge in [0.15, 0.2) is 11.6 Å². The van der Waals surface area contributed by atoms with E-state index >= 15 is 17.6 Å². The van der Waals surface area contributed by atoms with Crippen molar-refractivity contribution in [2.45, 2.75) is 126 Å². The number of carbonyl (C=O) groups is 4. The molecule has 7 atom stereocenters. The minimum Gasteiger partial charge on any atom is -0.465 e. The van der Waals surface area contributed by atoms with Crippen LogP contribution in [0.3, 0.4) is 0 Å². The molecule has 6 aliphatic heterocycles. The zero-order valence-electron chi connectivity index (χ0n) is 46.5. The van der Waals surface area contributed by atoms with Crippen LogP contribution in [0.5, 0.6) is 0 Å². The summed E-state index contributed by atoms with van der Waals surface area (Å²) in [5.41, 5.74) is 1.33. The Morgan fingerprint density at radius 1 is 0.639 bits per heavy atom. The van der Waals surface area contributed by atoms with Gasteiger partial charge in [0.05, 0.1) is 45.7 Å². The van der Waals surface area contributed by atoms with Gasteiger partial charge in [-0.1, -0.05) is 37.3 Å². The van der Waals surface area contributed by atoms with Crippen LogP contribution in [0.1, 0.15) is 137 Å². The number of carbonyl (C=O) groups excluding carboxylic acids is 2. The first-order valence-corrected chi connectivity index (χ1v) is 29.3. The number of carboxylic acid groups (broad SMARTS) is 2. The van der Waals surface area contributed by atoms with Gasteiger partial charge in [-0.15, -0.1) is 0 Å². The number of rotatable bonds is 13. The maximum absolute atomic E-state index is 17.5. The molecule has 0 bridgehead atoms. The molecule has 4 aromatic carbocycles. The van der Waals surface area contributed by atoms with E-state index < -0.39 is 77.1 Å². The summed E-state index contributed by atoms with van der Waals surface area (Å²) in [4.78, 5) is 75.8. The summed E-state index contributed by atoms with van der Waals surface area (Å²) in [6.45, 7) is 6.85. The smallest absolute Gasteiger partial charge is 0.405 e. The van der Waals surface area contributed by atoms with Crippen LogP contribution >= 0.6 is 0 Å². The number of hydrogen-bond donors (Lipinski definition) is 6. The van der Waals surface area contributed by atoms with Crippen molar-refractivity contribution >= 4 is 57.4 Å². The number of likely N-dealkylation sites (tertiary alicyclic amines) is 2. The highest BCUT2D eigenvalue weighted by molar-refractivity contribution is 5.87. The Balaban J connectivity index is 0.901. The van der Waals surface area contributed by atoms with E-state index in [0.29, 0.717) is 151 Å². The molecule has 8 heterocycles. The highest BCUT2D eigenvalue weighted by atomic mass is 19.1. The first kappa shape index (κ1) is 56.0. The molecule has 4 unspecified atom stereocenters. The zero-order valence-corrected chi connectivity index (χ0v) is 46.5. The number of halogens is 4. The highest BCUT2D eigenvalue weighted by Gasteiger charge is 2.53. The van der Waals surface area contributed by atoms with Gasteiger partial charge >= 0.3 is 12.2 Å². The first-order valence-electron chi connectivity index (χ1n) is 29.3. The average Bonchev–Trinajstić information content (AvgIpc) is 2.13. The Morgan fingerprint density at radius 2 is 1.14 bits per heavy atom. The summed E-state index contributed by atoms with van der Waals surface area (Å²) < 4.78 is 80.0. The van der Waals surface area contributed by atoms with Gasteiger partial charge < -0.3 is 59.9 Å². The standard InChI is InChI=1S/C61H70F4N10O8/c1-33-26-51(39-29-45-47(31-41(39)62)68-55(66-45)49-10-6-18-73(49)57(76)52(70-59(78)79)36-14-22-82-23-15-36)75(38-27-43(64)54(44(65)28-38)72-20-12-35(13-21-72)34-8-4-3-5-9-34)61(33,2)40-30-46-48(32-42(40)63)69-56(67-46)50-11-7-19-74(50)58(77)53(71-60(80)81)37-16-24-83-25-17-37/h3-5,8-9,27-33,35-37,49-53,70-71H,6-7,10-26H2,1-2H3,(H,66,68)(H,67,69)(H,78,79)(H,80,81)/t33?,49?,50?,51-,52?,53+,61+/m1/s1. The second-order valence-corrected chi connectivity index (χ2v) is 23.7. The van der Waals surface area contributed by atoms with Crippen molar-refractivity contribution in [2.75, 3.05) is 62.4 Å². The van der Waals surface area contributed by atoms with Crippen molar-refractivity contribution in [3.8, 4) is 0 Å². The number of nitrogens with one attached hydrogen (secondary N) is 4. The minimum absolute atomic E-state index is 0.0625. The number of amides is 4. The third-order valence-electron chi connectivity index (χ3n) is 19.1. The van der Waals surface area contributed by atoms with Crippen LogP contribution in [0, 0.1) is 41.0 Å². The molecule has 6 aromatic rings. The fourth-order valence-corrected chi connectivity index (χ4v) is 14.7. The largest absolute Gasteiger partial charge is 0.465 e. The van der Waals surface area contributed by atoms with E-state index in [2.05, 4.69) is 32.7 Å². The predicted molar refractivity (Wildman–Crippen MR) is 300 cm³/mol. The number of hydrogen-bond acceptors (Lipinski definition) is 10. The molecule has 0 aliphatic carbocycles. The van der Waals surface area contributed by atoms with E-state index in [1.165, 1.54) is 29.8 Å². The molecule has 2 aromatic heterocycles. The van der Waals surface area contributed by atoms with Crippen LogP contribution < -0.4 is 20.4 Å². The second-order valence-electron chi connectivity index (χ2n) is 23.7. The number of fused-ring (bicyclic) bond motifs is 2. The molecule has 0 saturated carbocycles. The number of nitrogens with zero attached hydrogens (tertiary/aromatic N) is 6. The Labute approximate surface area is 477 Å². The summed E-state index contributed by atoms with van der Waals surface area (Å²) in [6.07, 6.45) is 3.27. The normalized spacial score (nSPS) is 24.7. The van der Waals surface area contributed by atoms with E-state index in [9.17, 15) is 29.4 Å². The Hall–Kier alpha value is -7.46. The molecule has 6 fully saturated rings. The summed E-state index contributed by atoms with van der Waals surface area (Å²) in [5, 5.41) is 24.5. The average molecular weight is 1150 g/mol. The number of aromatic nitrogens is 4. The van der Waals surface area contributed by atoms with Crippen LogP contribution in [-0.2, 0) is 24.6 Å². The Bertz CT molecular complexity index is 3400. The molecular formula is C61H70F4N10O8. The van der Waals surface area contributed by atoms with E-state index in [1.807, 2.05) is 25.1 Å². The predicted octanol–water partition coefficient (Wildman–Crippen LogP) is 10.3. The lowest BCUT2D eigenvalue weighted by molar-refractivity contribution is -0.137. The van der Waals surface area contributed by atoms with Crippen molar-refractivity contribution in [3.63, 3.8) is 0 Å². The van der Waals surface area contributed by atoms with Crippen LogP contribution in [0.2, 0.25) is 0 Å². The molecule has 6 saturated heterocycles. The summed E-state index contributed by atoms with van der Waals surface area (Å²) in [7, 11) is 0. The van der Waals surface area contributed by atoms with Crippen molar-refractivity contribution in [1.29, 1.82) is 0 Å². The fraction of sp³-hybridized carbons (Fsp3) is 0.508. The summed E-state index contributed by atoms with van der Waals surface area (Å²) in [5.74, 6) is -3.70. The van der Waals surface area contributed by atoms with Gasteiger partial charge in [-0.3, -0.25) is 9.59 Å². The van der Waals surface area contributed by atoms with Gasteiger partial charge in [-0.25, -0.2) is 37.1 Å². The molecule has 0 spiro atoms. The number of piperidine rings is 1. The Morgan fingerprint density at radius 3 is 1.66 bits per heavy atom. The number of imidazole rings is 2. The second kappa shape index (κ2) is 22.9. The van der Waals surface area contributed by atoms with Gasteiger partial charge in [0.2, 0.25) is 11.8 Å². The molecule has 12 rings (SSSR count). The quantitative estimate of drug-likeness (QED) is 0.0595. The summed E-state index contributed by atoms with van der Waals surface area (Å²) >= 11 is 0. The number of benzene rings is 4.